The van der Waals surface area contributed by atoms with Crippen molar-refractivity contribution < 1.29 is 18.3 Å². The molecule has 1 aromatic carbocycles. The van der Waals surface area contributed by atoms with Gasteiger partial charge in [0.25, 0.3) is 5.91 Å². The number of methoxy groups -OCH3 is 1. The predicted octanol–water partition coefficient (Wildman–Crippen LogP) is 4.67. The highest BCUT2D eigenvalue weighted by molar-refractivity contribution is 5.96. The molecule has 1 heterocycles. The largest absolute Gasteiger partial charge is 0.494 e. The fraction of sp³-hybridized carbons (Fsp3) is 0.400. The highest BCUT2D eigenvalue weighted by Gasteiger charge is 2.35. The number of amides is 1. The molecule has 0 bridgehead atoms. The minimum atomic E-state index is -0.712. The van der Waals surface area contributed by atoms with Crippen LogP contribution in [0.15, 0.2) is 30.3 Å². The summed E-state index contributed by atoms with van der Waals surface area (Å²) in [6, 6.07) is 6.19. The number of pyridine rings is 1. The van der Waals surface area contributed by atoms with Crippen LogP contribution in [-0.4, -0.2) is 23.5 Å². The van der Waals surface area contributed by atoms with Gasteiger partial charge in [-0.1, -0.05) is 20.8 Å². The Bertz CT molecular complexity index is 825. The maximum absolute atomic E-state index is 13.4. The van der Waals surface area contributed by atoms with Gasteiger partial charge in [0.1, 0.15) is 23.2 Å². The lowest BCUT2D eigenvalue weighted by molar-refractivity contribution is 0.0821. The molecule has 0 atom stereocenters. The van der Waals surface area contributed by atoms with Gasteiger partial charge in [-0.25, -0.2) is 13.8 Å². The number of nitrogens with one attached hydrogen (secondary N) is 2. The smallest absolute Gasteiger partial charge is 0.274 e. The number of anilines is 2. The Hall–Kier alpha value is -2.70. The van der Waals surface area contributed by atoms with E-state index in [1.807, 2.05) is 34.6 Å². The molecule has 0 spiro atoms. The van der Waals surface area contributed by atoms with Crippen LogP contribution in [-0.2, 0) is 0 Å². The Morgan fingerprint density at radius 1 is 1.04 bits per heavy atom. The fourth-order valence-electron chi connectivity index (χ4n) is 2.15. The van der Waals surface area contributed by atoms with Crippen molar-refractivity contribution in [2.24, 2.45) is 5.41 Å². The minimum absolute atomic E-state index is 0.0803. The van der Waals surface area contributed by atoms with E-state index in [1.165, 1.54) is 7.11 Å². The van der Waals surface area contributed by atoms with Crippen LogP contribution in [0.2, 0.25) is 0 Å². The van der Waals surface area contributed by atoms with Crippen molar-refractivity contribution in [2.45, 2.75) is 40.2 Å². The molecule has 2 N–H and O–H groups in total. The number of hydrogen-bond acceptors (Lipinski definition) is 4. The first kappa shape index (κ1) is 20.6. The zero-order valence-corrected chi connectivity index (χ0v) is 16.4. The number of rotatable bonds is 5. The lowest BCUT2D eigenvalue weighted by Crippen LogP contribution is -2.52. The van der Waals surface area contributed by atoms with E-state index in [9.17, 15) is 13.6 Å². The van der Waals surface area contributed by atoms with Crippen molar-refractivity contribution in [1.29, 1.82) is 0 Å². The van der Waals surface area contributed by atoms with Gasteiger partial charge in [0, 0.05) is 17.3 Å². The summed E-state index contributed by atoms with van der Waals surface area (Å²) >= 11 is 0. The zero-order valence-electron chi connectivity index (χ0n) is 16.4. The highest BCUT2D eigenvalue weighted by atomic mass is 19.1. The van der Waals surface area contributed by atoms with Gasteiger partial charge in [0.2, 0.25) is 0 Å². The van der Waals surface area contributed by atoms with Gasteiger partial charge in [-0.3, -0.25) is 4.79 Å². The number of carbonyl (C=O) groups is 1. The van der Waals surface area contributed by atoms with Crippen LogP contribution < -0.4 is 15.4 Å². The van der Waals surface area contributed by atoms with Gasteiger partial charge >= 0.3 is 0 Å². The van der Waals surface area contributed by atoms with E-state index in [1.54, 1.807) is 12.1 Å². The van der Waals surface area contributed by atoms with Crippen molar-refractivity contribution in [3.8, 4) is 5.75 Å². The molecule has 1 amide bonds. The maximum Gasteiger partial charge on any atom is 0.274 e. The molecule has 0 radical (unpaired) electrons. The molecular weight excluding hydrogens is 352 g/mol. The van der Waals surface area contributed by atoms with E-state index >= 15 is 0 Å². The van der Waals surface area contributed by atoms with Crippen LogP contribution in [0.3, 0.4) is 0 Å². The second-order valence-corrected chi connectivity index (χ2v) is 7.86. The molecule has 0 saturated heterocycles. The molecule has 146 valence electrons. The van der Waals surface area contributed by atoms with Crippen molar-refractivity contribution in [2.75, 3.05) is 12.4 Å². The van der Waals surface area contributed by atoms with E-state index in [4.69, 9.17) is 4.74 Å². The molecule has 0 aliphatic carbocycles. The van der Waals surface area contributed by atoms with Crippen molar-refractivity contribution in [1.82, 2.24) is 10.3 Å². The zero-order chi connectivity index (χ0) is 20.4. The lowest BCUT2D eigenvalue weighted by Gasteiger charge is -2.39. The van der Waals surface area contributed by atoms with E-state index < -0.39 is 23.1 Å². The number of aromatic nitrogens is 1. The molecule has 0 aliphatic heterocycles. The molecule has 7 heteroatoms. The fourth-order valence-corrected chi connectivity index (χ4v) is 2.15. The summed E-state index contributed by atoms with van der Waals surface area (Å²) in [5, 5.41) is 5.77. The third-order valence-electron chi connectivity index (χ3n) is 4.73. The third kappa shape index (κ3) is 4.93. The summed E-state index contributed by atoms with van der Waals surface area (Å²) in [5.41, 5.74) is -0.431. The Morgan fingerprint density at radius 3 is 2.15 bits per heavy atom. The van der Waals surface area contributed by atoms with E-state index in [0.29, 0.717) is 5.75 Å². The number of benzene rings is 1. The quantitative estimate of drug-likeness (QED) is 0.795. The van der Waals surface area contributed by atoms with E-state index in [2.05, 4.69) is 15.6 Å². The van der Waals surface area contributed by atoms with Crippen LogP contribution in [0.4, 0.5) is 20.3 Å². The molecule has 1 aromatic heterocycles. The van der Waals surface area contributed by atoms with Crippen LogP contribution in [0.5, 0.6) is 5.75 Å². The SMILES string of the molecule is COc1ccc(Nc2cc(F)cc(F)c2)nc1C(=O)NC(C)(C)C(C)(C)C. The Morgan fingerprint density at radius 2 is 1.63 bits per heavy atom. The molecular formula is C20H25F2N3O2. The number of nitrogens with zero attached hydrogens (tertiary/aromatic N) is 1. The second kappa shape index (κ2) is 7.50. The number of halogens is 2. The van der Waals surface area contributed by atoms with Crippen molar-refractivity contribution in [3.63, 3.8) is 0 Å². The predicted molar refractivity (Wildman–Crippen MR) is 101 cm³/mol. The maximum atomic E-state index is 13.4. The van der Waals surface area contributed by atoms with Crippen molar-refractivity contribution >= 4 is 17.4 Å². The molecule has 2 rings (SSSR count). The third-order valence-corrected chi connectivity index (χ3v) is 4.73. The normalized spacial score (nSPS) is 11.9. The second-order valence-electron chi connectivity index (χ2n) is 7.86. The van der Waals surface area contributed by atoms with Gasteiger partial charge < -0.3 is 15.4 Å². The first-order chi connectivity index (χ1) is 12.4. The highest BCUT2D eigenvalue weighted by Crippen LogP contribution is 2.30. The Kier molecular flexibility index (Phi) is 5.73. The first-order valence-corrected chi connectivity index (χ1v) is 8.53. The summed E-state index contributed by atoms with van der Waals surface area (Å²) in [6.45, 7) is 9.92. The summed E-state index contributed by atoms with van der Waals surface area (Å²) < 4.78 is 32.0. The van der Waals surface area contributed by atoms with E-state index in [-0.39, 0.29) is 22.6 Å². The van der Waals surface area contributed by atoms with Gasteiger partial charge in [-0.05, 0) is 43.5 Å². The average Bonchev–Trinajstić information content (AvgIpc) is 2.52. The van der Waals surface area contributed by atoms with Crippen LogP contribution >= 0.6 is 0 Å². The van der Waals surface area contributed by atoms with Crippen LogP contribution in [0.1, 0.15) is 45.1 Å². The van der Waals surface area contributed by atoms with E-state index in [0.717, 1.165) is 18.2 Å². The molecule has 27 heavy (non-hydrogen) atoms. The average molecular weight is 377 g/mol. The van der Waals surface area contributed by atoms with Crippen LogP contribution in [0.25, 0.3) is 0 Å². The topological polar surface area (TPSA) is 63.2 Å². The minimum Gasteiger partial charge on any atom is -0.494 e. The standard InChI is InChI=1S/C20H25F2N3O2/c1-19(2,3)20(4,5)25-18(26)17-15(27-6)7-8-16(24-17)23-14-10-12(21)9-13(22)11-14/h7-11H,1-6H3,(H,23,24)(H,25,26). The molecule has 2 aromatic rings. The molecule has 0 fully saturated rings. The molecule has 0 aliphatic rings. The van der Waals surface area contributed by atoms with Crippen LogP contribution in [0, 0.1) is 17.0 Å². The summed E-state index contributed by atoms with van der Waals surface area (Å²) in [4.78, 5) is 17.1. The Labute approximate surface area is 158 Å². The lowest BCUT2D eigenvalue weighted by atomic mass is 9.76. The summed E-state index contributed by atoms with van der Waals surface area (Å²) in [6.07, 6.45) is 0. The first-order valence-electron chi connectivity index (χ1n) is 8.53. The van der Waals surface area contributed by atoms with Crippen molar-refractivity contribution in [3.05, 3.63) is 47.7 Å². The Balaban J connectivity index is 2.33. The number of ether oxygens (including phenoxy) is 1. The molecule has 5 nitrogen and oxygen atoms in total. The summed E-state index contributed by atoms with van der Waals surface area (Å²) in [7, 11) is 1.44. The number of carbonyl (C=O) groups excluding carboxylic acids is 1. The molecule has 0 unspecified atom stereocenters. The molecule has 0 saturated carbocycles. The van der Waals surface area contributed by atoms with Gasteiger partial charge in [0.05, 0.1) is 7.11 Å². The number of hydrogen-bond donors (Lipinski definition) is 2. The van der Waals surface area contributed by atoms with Gasteiger partial charge in [0.15, 0.2) is 5.69 Å². The monoisotopic (exact) mass is 377 g/mol. The van der Waals surface area contributed by atoms with Gasteiger partial charge in [-0.2, -0.15) is 0 Å². The summed E-state index contributed by atoms with van der Waals surface area (Å²) in [5.74, 6) is -1.26. The van der Waals surface area contributed by atoms with Gasteiger partial charge in [-0.15, -0.1) is 0 Å².